The lowest BCUT2D eigenvalue weighted by Crippen LogP contribution is -2.26. The number of hydrogen-bond acceptors (Lipinski definition) is 4. The summed E-state index contributed by atoms with van der Waals surface area (Å²) in [6.45, 7) is 2.67. The third kappa shape index (κ3) is 5.00. The van der Waals surface area contributed by atoms with Crippen molar-refractivity contribution in [3.63, 3.8) is 0 Å². The molecule has 1 N–H and O–H groups in total. The maximum Gasteiger partial charge on any atom is 0.252 e. The molecule has 4 rings (SSSR count). The van der Waals surface area contributed by atoms with Crippen molar-refractivity contribution in [2.75, 3.05) is 26.4 Å². The van der Waals surface area contributed by atoms with Gasteiger partial charge in [0.25, 0.3) is 5.91 Å². The highest BCUT2D eigenvalue weighted by Gasteiger charge is 2.15. The molecule has 2 aromatic carbocycles. The summed E-state index contributed by atoms with van der Waals surface area (Å²) in [5.74, 6) is -0.0834. The minimum absolute atomic E-state index is 0.0834. The fourth-order valence-corrected chi connectivity index (χ4v) is 3.58. The minimum atomic E-state index is -0.0834. The SMILES string of the molecule is O=C(NCCCOCC1CCCO1)c1cc(-c2ccccc2)nc2ccccc12. The second-order valence-electron chi connectivity index (χ2n) is 7.26. The zero-order valence-corrected chi connectivity index (χ0v) is 16.5. The Hall–Kier alpha value is -2.76. The molecule has 1 atom stereocenters. The van der Waals surface area contributed by atoms with E-state index < -0.39 is 0 Å². The van der Waals surface area contributed by atoms with Gasteiger partial charge >= 0.3 is 0 Å². The highest BCUT2D eigenvalue weighted by molar-refractivity contribution is 6.07. The fourth-order valence-electron chi connectivity index (χ4n) is 3.58. The van der Waals surface area contributed by atoms with Gasteiger partial charge in [-0.05, 0) is 31.4 Å². The van der Waals surface area contributed by atoms with Crippen LogP contribution in [-0.4, -0.2) is 43.4 Å². The Labute approximate surface area is 171 Å². The van der Waals surface area contributed by atoms with E-state index in [1.54, 1.807) is 0 Å². The number of nitrogens with zero attached hydrogens (tertiary/aromatic N) is 1. The third-order valence-electron chi connectivity index (χ3n) is 5.11. The monoisotopic (exact) mass is 390 g/mol. The Morgan fingerprint density at radius 3 is 2.79 bits per heavy atom. The van der Waals surface area contributed by atoms with Gasteiger partial charge in [-0.1, -0.05) is 48.5 Å². The largest absolute Gasteiger partial charge is 0.379 e. The Balaban J connectivity index is 1.40. The number of hydrogen-bond donors (Lipinski definition) is 1. The van der Waals surface area contributed by atoms with Gasteiger partial charge in [-0.25, -0.2) is 4.98 Å². The summed E-state index contributed by atoms with van der Waals surface area (Å²) in [5, 5.41) is 3.88. The number of rotatable bonds is 8. The summed E-state index contributed by atoms with van der Waals surface area (Å²) in [6.07, 6.45) is 3.21. The molecule has 2 heterocycles. The number of amides is 1. The van der Waals surface area contributed by atoms with E-state index in [0.717, 1.165) is 48.0 Å². The predicted octanol–water partition coefficient (Wildman–Crippen LogP) is 4.22. The Morgan fingerprint density at radius 1 is 1.14 bits per heavy atom. The van der Waals surface area contributed by atoms with Gasteiger partial charge in [-0.3, -0.25) is 4.79 Å². The first kappa shape index (κ1) is 19.6. The summed E-state index contributed by atoms with van der Waals surface area (Å²) in [5.41, 5.74) is 3.26. The molecule has 1 fully saturated rings. The summed E-state index contributed by atoms with van der Waals surface area (Å²) in [7, 11) is 0. The smallest absolute Gasteiger partial charge is 0.252 e. The lowest BCUT2D eigenvalue weighted by atomic mass is 10.0. The van der Waals surface area contributed by atoms with Crippen molar-refractivity contribution in [1.29, 1.82) is 0 Å². The maximum absolute atomic E-state index is 12.9. The maximum atomic E-state index is 12.9. The van der Waals surface area contributed by atoms with Crippen molar-refractivity contribution >= 4 is 16.8 Å². The van der Waals surface area contributed by atoms with Gasteiger partial charge in [-0.2, -0.15) is 0 Å². The number of fused-ring (bicyclic) bond motifs is 1. The molecule has 150 valence electrons. The van der Waals surface area contributed by atoms with Crippen LogP contribution in [0.25, 0.3) is 22.2 Å². The van der Waals surface area contributed by atoms with Crippen LogP contribution in [0, 0.1) is 0 Å². The van der Waals surface area contributed by atoms with E-state index in [9.17, 15) is 4.79 Å². The number of carbonyl (C=O) groups is 1. The first-order valence-corrected chi connectivity index (χ1v) is 10.2. The molecule has 5 heteroatoms. The molecule has 1 aliphatic rings. The zero-order valence-electron chi connectivity index (χ0n) is 16.5. The molecule has 0 aliphatic carbocycles. The van der Waals surface area contributed by atoms with Gasteiger partial charge in [0.15, 0.2) is 0 Å². The number of benzene rings is 2. The number of carbonyl (C=O) groups excluding carboxylic acids is 1. The minimum Gasteiger partial charge on any atom is -0.379 e. The molecule has 0 saturated carbocycles. The second kappa shape index (κ2) is 9.63. The normalized spacial score (nSPS) is 16.2. The van der Waals surface area contributed by atoms with Crippen molar-refractivity contribution < 1.29 is 14.3 Å². The van der Waals surface area contributed by atoms with E-state index in [-0.39, 0.29) is 12.0 Å². The van der Waals surface area contributed by atoms with Crippen LogP contribution in [0.2, 0.25) is 0 Å². The molecule has 1 amide bonds. The van der Waals surface area contributed by atoms with Gasteiger partial charge in [0.05, 0.1) is 29.5 Å². The summed E-state index contributed by atoms with van der Waals surface area (Å²) < 4.78 is 11.2. The van der Waals surface area contributed by atoms with E-state index in [0.29, 0.717) is 25.3 Å². The van der Waals surface area contributed by atoms with Crippen molar-refractivity contribution in [1.82, 2.24) is 10.3 Å². The highest BCUT2D eigenvalue weighted by atomic mass is 16.5. The van der Waals surface area contributed by atoms with Crippen LogP contribution in [-0.2, 0) is 9.47 Å². The molecule has 1 aliphatic heterocycles. The topological polar surface area (TPSA) is 60.5 Å². The molecule has 0 bridgehead atoms. The number of para-hydroxylation sites is 1. The lowest BCUT2D eigenvalue weighted by molar-refractivity contribution is 0.0166. The lowest BCUT2D eigenvalue weighted by Gasteiger charge is -2.12. The Bertz CT molecular complexity index is 953. The van der Waals surface area contributed by atoms with E-state index in [4.69, 9.17) is 14.5 Å². The van der Waals surface area contributed by atoms with Crippen LogP contribution in [0.4, 0.5) is 0 Å². The van der Waals surface area contributed by atoms with Gasteiger partial charge < -0.3 is 14.8 Å². The van der Waals surface area contributed by atoms with Crippen molar-refractivity contribution in [2.45, 2.75) is 25.4 Å². The van der Waals surface area contributed by atoms with Crippen molar-refractivity contribution in [2.24, 2.45) is 0 Å². The number of nitrogens with one attached hydrogen (secondary N) is 1. The Morgan fingerprint density at radius 2 is 1.97 bits per heavy atom. The molecule has 1 aromatic heterocycles. The quantitative estimate of drug-likeness (QED) is 0.585. The summed E-state index contributed by atoms with van der Waals surface area (Å²) in [4.78, 5) is 17.6. The van der Waals surface area contributed by atoms with Crippen molar-refractivity contribution in [3.05, 3.63) is 66.2 Å². The molecule has 3 aromatic rings. The summed E-state index contributed by atoms with van der Waals surface area (Å²) in [6, 6.07) is 19.6. The van der Waals surface area contributed by atoms with Crippen LogP contribution in [0.1, 0.15) is 29.6 Å². The molecule has 5 nitrogen and oxygen atoms in total. The first-order chi connectivity index (χ1) is 14.3. The number of pyridine rings is 1. The van der Waals surface area contributed by atoms with Gasteiger partial charge in [0.2, 0.25) is 0 Å². The number of ether oxygens (including phenoxy) is 2. The molecule has 29 heavy (non-hydrogen) atoms. The van der Waals surface area contributed by atoms with Crippen LogP contribution >= 0.6 is 0 Å². The second-order valence-corrected chi connectivity index (χ2v) is 7.26. The van der Waals surface area contributed by atoms with Crippen LogP contribution < -0.4 is 5.32 Å². The van der Waals surface area contributed by atoms with E-state index in [1.165, 1.54) is 0 Å². The fraction of sp³-hybridized carbons (Fsp3) is 0.333. The molecule has 1 unspecified atom stereocenters. The summed E-state index contributed by atoms with van der Waals surface area (Å²) >= 11 is 0. The first-order valence-electron chi connectivity index (χ1n) is 10.2. The average Bonchev–Trinajstić information content (AvgIpc) is 3.29. The van der Waals surface area contributed by atoms with Crippen LogP contribution in [0.5, 0.6) is 0 Å². The van der Waals surface area contributed by atoms with Crippen LogP contribution in [0.3, 0.4) is 0 Å². The standard InChI is InChI=1S/C24H26N2O3/c27-24(25-13-7-14-28-17-19-10-6-15-29-19)21-16-23(18-8-2-1-3-9-18)26-22-12-5-4-11-20(21)22/h1-5,8-9,11-12,16,19H,6-7,10,13-15,17H2,(H,25,27). The highest BCUT2D eigenvalue weighted by Crippen LogP contribution is 2.24. The molecular weight excluding hydrogens is 364 g/mol. The van der Waals surface area contributed by atoms with E-state index >= 15 is 0 Å². The molecule has 0 radical (unpaired) electrons. The predicted molar refractivity (Wildman–Crippen MR) is 114 cm³/mol. The van der Waals surface area contributed by atoms with Gasteiger partial charge in [0.1, 0.15) is 0 Å². The van der Waals surface area contributed by atoms with Gasteiger partial charge in [0, 0.05) is 30.7 Å². The molecular formula is C24H26N2O3. The Kier molecular flexibility index (Phi) is 6.49. The molecule has 1 saturated heterocycles. The third-order valence-corrected chi connectivity index (χ3v) is 5.11. The molecule has 0 spiro atoms. The zero-order chi connectivity index (χ0) is 19.9. The number of aromatic nitrogens is 1. The van der Waals surface area contributed by atoms with E-state index in [1.807, 2.05) is 60.7 Å². The van der Waals surface area contributed by atoms with E-state index in [2.05, 4.69) is 5.32 Å². The van der Waals surface area contributed by atoms with Crippen molar-refractivity contribution in [3.8, 4) is 11.3 Å². The average molecular weight is 390 g/mol. The van der Waals surface area contributed by atoms with Crippen LogP contribution in [0.15, 0.2) is 60.7 Å². The van der Waals surface area contributed by atoms with Gasteiger partial charge in [-0.15, -0.1) is 0 Å².